The van der Waals surface area contributed by atoms with Gasteiger partial charge in [-0.2, -0.15) is 0 Å². The lowest BCUT2D eigenvalue weighted by Crippen LogP contribution is -2.06. The van der Waals surface area contributed by atoms with Gasteiger partial charge in [-0.15, -0.1) is 0 Å². The van der Waals surface area contributed by atoms with Crippen molar-refractivity contribution >= 4 is 5.97 Å². The minimum Gasteiger partial charge on any atom is -0.497 e. The normalized spacial score (nSPS) is 13.5. The number of ether oxygens (including phenoxy) is 4. The van der Waals surface area contributed by atoms with E-state index in [0.29, 0.717) is 17.2 Å². The van der Waals surface area contributed by atoms with E-state index in [1.54, 1.807) is 13.2 Å². The van der Waals surface area contributed by atoms with Crippen molar-refractivity contribution in [3.05, 3.63) is 47.5 Å². The van der Waals surface area contributed by atoms with Gasteiger partial charge in [0.25, 0.3) is 0 Å². The smallest absolute Gasteiger partial charge is 0.308 e. The highest BCUT2D eigenvalue weighted by Gasteiger charge is 2.22. The molecule has 0 radical (unpaired) electrons. The quantitative estimate of drug-likeness (QED) is 0.638. The number of methoxy groups -OCH3 is 1. The highest BCUT2D eigenvalue weighted by Crippen LogP contribution is 2.42. The van der Waals surface area contributed by atoms with Crippen LogP contribution in [0.3, 0.4) is 0 Å². The average molecular weight is 314 g/mol. The molecule has 2 aromatic rings. The van der Waals surface area contributed by atoms with Crippen molar-refractivity contribution in [2.45, 2.75) is 19.8 Å². The van der Waals surface area contributed by atoms with Crippen molar-refractivity contribution in [1.82, 2.24) is 0 Å². The number of rotatable bonds is 4. The van der Waals surface area contributed by atoms with Crippen LogP contribution in [0.15, 0.2) is 36.4 Å². The molecule has 0 aromatic heterocycles. The Kier molecular flexibility index (Phi) is 4.10. The zero-order valence-electron chi connectivity index (χ0n) is 13.3. The van der Waals surface area contributed by atoms with E-state index in [9.17, 15) is 4.79 Å². The van der Waals surface area contributed by atoms with Gasteiger partial charge in [-0.25, -0.2) is 0 Å². The largest absolute Gasteiger partial charge is 0.497 e. The number of esters is 1. The molecule has 0 aliphatic carbocycles. The Labute approximate surface area is 134 Å². The lowest BCUT2D eigenvalue weighted by atomic mass is 9.92. The molecule has 0 fully saturated rings. The molecule has 120 valence electrons. The van der Waals surface area contributed by atoms with Crippen molar-refractivity contribution < 1.29 is 23.7 Å². The van der Waals surface area contributed by atoms with E-state index >= 15 is 0 Å². The molecular weight excluding hydrogens is 296 g/mol. The Balaban J connectivity index is 2.00. The van der Waals surface area contributed by atoms with E-state index in [2.05, 4.69) is 0 Å². The summed E-state index contributed by atoms with van der Waals surface area (Å²) >= 11 is 0. The Hall–Kier alpha value is -2.69. The van der Waals surface area contributed by atoms with Crippen molar-refractivity contribution in [2.75, 3.05) is 13.9 Å². The predicted octanol–water partition coefficient (Wildman–Crippen LogP) is 3.50. The van der Waals surface area contributed by atoms with Crippen LogP contribution in [0.25, 0.3) is 0 Å². The van der Waals surface area contributed by atoms with Gasteiger partial charge in [-0.05, 0) is 23.8 Å². The first-order chi connectivity index (χ1) is 11.1. The summed E-state index contributed by atoms with van der Waals surface area (Å²) in [6.07, 6.45) is 0. The molecule has 0 spiro atoms. The molecule has 1 atom stereocenters. The Bertz CT molecular complexity index is 721. The summed E-state index contributed by atoms with van der Waals surface area (Å²) in [6.45, 7) is 3.61. The molecule has 1 aliphatic rings. The third kappa shape index (κ3) is 3.08. The maximum atomic E-state index is 11.4. The lowest BCUT2D eigenvalue weighted by molar-refractivity contribution is -0.131. The van der Waals surface area contributed by atoms with Gasteiger partial charge in [0.2, 0.25) is 6.79 Å². The highest BCUT2D eigenvalue weighted by atomic mass is 16.7. The molecule has 2 aromatic carbocycles. The molecule has 3 rings (SSSR count). The van der Waals surface area contributed by atoms with E-state index in [0.717, 1.165) is 16.9 Å². The fourth-order valence-corrected chi connectivity index (χ4v) is 2.59. The molecule has 1 aliphatic heterocycles. The van der Waals surface area contributed by atoms with Crippen molar-refractivity contribution in [2.24, 2.45) is 0 Å². The lowest BCUT2D eigenvalue weighted by Gasteiger charge is -2.17. The van der Waals surface area contributed by atoms with E-state index in [1.165, 1.54) is 6.92 Å². The summed E-state index contributed by atoms with van der Waals surface area (Å²) in [5, 5.41) is 0. The van der Waals surface area contributed by atoms with Gasteiger partial charge in [-0.1, -0.05) is 19.1 Å². The Morgan fingerprint density at radius 3 is 2.39 bits per heavy atom. The Morgan fingerprint density at radius 1 is 1.13 bits per heavy atom. The summed E-state index contributed by atoms with van der Waals surface area (Å²) < 4.78 is 21.3. The second kappa shape index (κ2) is 6.20. The zero-order chi connectivity index (χ0) is 16.4. The maximum absolute atomic E-state index is 11.4. The van der Waals surface area contributed by atoms with Crippen molar-refractivity contribution in [3.8, 4) is 23.0 Å². The van der Waals surface area contributed by atoms with Gasteiger partial charge in [-0.3, -0.25) is 4.79 Å². The molecule has 0 saturated heterocycles. The molecule has 5 heteroatoms. The SMILES string of the molecule is COc1ccc([C@@H](C)c2cc3c(cc2OC(C)=O)OCO3)cc1. The summed E-state index contributed by atoms with van der Waals surface area (Å²) in [7, 11) is 1.63. The van der Waals surface area contributed by atoms with Crippen LogP contribution < -0.4 is 18.9 Å². The second-order valence-electron chi connectivity index (χ2n) is 5.33. The molecule has 1 heterocycles. The first-order valence-electron chi connectivity index (χ1n) is 7.34. The van der Waals surface area contributed by atoms with Crippen LogP contribution in [0.2, 0.25) is 0 Å². The molecular formula is C18H18O5. The standard InChI is InChI=1S/C18H18O5/c1-11(13-4-6-14(20-3)7-5-13)15-8-17-18(22-10-21-17)9-16(15)23-12(2)19/h4-9,11H,10H2,1-3H3/t11-/m1/s1. The van der Waals surface area contributed by atoms with Crippen molar-refractivity contribution in [3.63, 3.8) is 0 Å². The van der Waals surface area contributed by atoms with E-state index in [4.69, 9.17) is 18.9 Å². The molecule has 0 amide bonds. The number of carbonyl (C=O) groups is 1. The topological polar surface area (TPSA) is 54.0 Å². The number of carbonyl (C=O) groups excluding carboxylic acids is 1. The molecule has 23 heavy (non-hydrogen) atoms. The van der Waals surface area contributed by atoms with Gasteiger partial charge in [0.15, 0.2) is 11.5 Å². The molecule has 0 bridgehead atoms. The molecule has 5 nitrogen and oxygen atoms in total. The van der Waals surface area contributed by atoms with Crippen LogP contribution in [-0.4, -0.2) is 19.9 Å². The fourth-order valence-electron chi connectivity index (χ4n) is 2.59. The molecule has 0 saturated carbocycles. The second-order valence-corrected chi connectivity index (χ2v) is 5.33. The Morgan fingerprint density at radius 2 is 1.78 bits per heavy atom. The van der Waals surface area contributed by atoms with Gasteiger partial charge < -0.3 is 18.9 Å². The average Bonchev–Trinajstić information content (AvgIpc) is 3.00. The van der Waals surface area contributed by atoms with Crippen LogP contribution in [0.5, 0.6) is 23.0 Å². The van der Waals surface area contributed by atoms with Gasteiger partial charge in [0.05, 0.1) is 7.11 Å². The number of benzene rings is 2. The third-order valence-electron chi connectivity index (χ3n) is 3.84. The van der Waals surface area contributed by atoms with Crippen LogP contribution in [0, 0.1) is 0 Å². The predicted molar refractivity (Wildman–Crippen MR) is 84.4 cm³/mol. The number of hydrogen-bond donors (Lipinski definition) is 0. The van der Waals surface area contributed by atoms with Crippen LogP contribution in [0.4, 0.5) is 0 Å². The summed E-state index contributed by atoms with van der Waals surface area (Å²) in [4.78, 5) is 11.4. The zero-order valence-corrected chi connectivity index (χ0v) is 13.3. The summed E-state index contributed by atoms with van der Waals surface area (Å²) in [6, 6.07) is 11.4. The first kappa shape index (κ1) is 15.2. The molecule has 0 N–H and O–H groups in total. The van der Waals surface area contributed by atoms with E-state index < -0.39 is 0 Å². The first-order valence-corrected chi connectivity index (χ1v) is 7.34. The van der Waals surface area contributed by atoms with E-state index in [-0.39, 0.29) is 18.7 Å². The maximum Gasteiger partial charge on any atom is 0.308 e. The summed E-state index contributed by atoms with van der Waals surface area (Å²) in [5.41, 5.74) is 1.95. The van der Waals surface area contributed by atoms with Gasteiger partial charge in [0.1, 0.15) is 11.5 Å². The highest BCUT2D eigenvalue weighted by molar-refractivity contribution is 5.71. The van der Waals surface area contributed by atoms with Gasteiger partial charge >= 0.3 is 5.97 Å². The monoisotopic (exact) mass is 314 g/mol. The van der Waals surface area contributed by atoms with Crippen molar-refractivity contribution in [1.29, 1.82) is 0 Å². The third-order valence-corrected chi connectivity index (χ3v) is 3.84. The summed E-state index contributed by atoms with van der Waals surface area (Å²) in [5.74, 6) is 2.19. The fraction of sp³-hybridized carbons (Fsp3) is 0.278. The van der Waals surface area contributed by atoms with Crippen LogP contribution in [-0.2, 0) is 4.79 Å². The van der Waals surface area contributed by atoms with E-state index in [1.807, 2.05) is 37.3 Å². The minimum absolute atomic E-state index is 0.0183. The minimum atomic E-state index is -0.368. The van der Waals surface area contributed by atoms with Gasteiger partial charge in [0, 0.05) is 24.5 Å². The van der Waals surface area contributed by atoms with Crippen LogP contribution in [0.1, 0.15) is 30.9 Å². The molecule has 0 unspecified atom stereocenters. The number of fused-ring (bicyclic) bond motifs is 1. The van der Waals surface area contributed by atoms with Crippen LogP contribution >= 0.6 is 0 Å². The number of hydrogen-bond acceptors (Lipinski definition) is 5.